The average Bonchev–Trinajstić information content (AvgIpc) is 2.27. The van der Waals surface area contributed by atoms with Crippen LogP contribution in [-0.4, -0.2) is 24.3 Å². The molecule has 0 heterocycles. The molecule has 0 saturated carbocycles. The molecule has 0 bridgehead atoms. The molecule has 0 rings (SSSR count). The second-order valence-corrected chi connectivity index (χ2v) is 5.81. The Hall–Kier alpha value is -0.830. The van der Waals surface area contributed by atoms with E-state index >= 15 is 0 Å². The molecule has 18 heavy (non-hydrogen) atoms. The van der Waals surface area contributed by atoms with Gasteiger partial charge in [0.2, 0.25) is 0 Å². The SMILES string of the molecule is C=C(C)C(=O)OCC(CC(CO)C(C)C)C(C)C. The van der Waals surface area contributed by atoms with Gasteiger partial charge in [-0.2, -0.15) is 0 Å². The van der Waals surface area contributed by atoms with Crippen LogP contribution in [0.4, 0.5) is 0 Å². The van der Waals surface area contributed by atoms with E-state index in [1.165, 1.54) is 0 Å². The molecule has 0 aromatic rings. The van der Waals surface area contributed by atoms with Crippen molar-refractivity contribution in [3.8, 4) is 0 Å². The third-order valence-corrected chi connectivity index (χ3v) is 3.50. The maximum Gasteiger partial charge on any atom is 0.333 e. The Morgan fingerprint density at radius 2 is 1.67 bits per heavy atom. The van der Waals surface area contributed by atoms with Crippen LogP contribution in [0.15, 0.2) is 12.2 Å². The predicted molar refractivity (Wildman–Crippen MR) is 74.1 cm³/mol. The van der Waals surface area contributed by atoms with Crippen molar-refractivity contribution in [3.63, 3.8) is 0 Å². The van der Waals surface area contributed by atoms with Crippen molar-refractivity contribution < 1.29 is 14.6 Å². The van der Waals surface area contributed by atoms with Gasteiger partial charge in [0.25, 0.3) is 0 Å². The molecule has 0 aliphatic rings. The summed E-state index contributed by atoms with van der Waals surface area (Å²) >= 11 is 0. The molecule has 0 aliphatic heterocycles. The number of hydrogen-bond donors (Lipinski definition) is 1. The monoisotopic (exact) mass is 256 g/mol. The fourth-order valence-corrected chi connectivity index (χ4v) is 1.78. The van der Waals surface area contributed by atoms with Gasteiger partial charge in [0.05, 0.1) is 6.61 Å². The molecule has 3 heteroatoms. The first-order chi connectivity index (χ1) is 8.29. The summed E-state index contributed by atoms with van der Waals surface area (Å²) in [4.78, 5) is 11.4. The van der Waals surface area contributed by atoms with Gasteiger partial charge in [-0.05, 0) is 37.0 Å². The number of hydrogen-bond acceptors (Lipinski definition) is 3. The quantitative estimate of drug-likeness (QED) is 0.536. The maximum absolute atomic E-state index is 11.4. The molecule has 0 aromatic carbocycles. The van der Waals surface area contributed by atoms with Gasteiger partial charge in [-0.25, -0.2) is 4.79 Å². The van der Waals surface area contributed by atoms with E-state index in [2.05, 4.69) is 34.3 Å². The van der Waals surface area contributed by atoms with E-state index in [1.807, 2.05) is 0 Å². The molecule has 106 valence electrons. The van der Waals surface area contributed by atoms with E-state index in [9.17, 15) is 9.90 Å². The van der Waals surface area contributed by atoms with Crippen LogP contribution in [0.2, 0.25) is 0 Å². The van der Waals surface area contributed by atoms with Gasteiger partial charge in [-0.3, -0.25) is 0 Å². The highest BCUT2D eigenvalue weighted by Gasteiger charge is 2.22. The summed E-state index contributed by atoms with van der Waals surface area (Å²) in [5, 5.41) is 9.37. The maximum atomic E-state index is 11.4. The summed E-state index contributed by atoms with van der Waals surface area (Å²) in [6.07, 6.45) is 0.884. The standard InChI is InChI=1S/C15H28O3/c1-10(2)13(8-16)7-14(11(3)4)9-18-15(17)12(5)6/h10-11,13-14,16H,5,7-9H2,1-4,6H3. The number of aliphatic hydroxyl groups excluding tert-OH is 1. The Bertz CT molecular complexity index is 269. The summed E-state index contributed by atoms with van der Waals surface area (Å²) in [6, 6.07) is 0. The van der Waals surface area contributed by atoms with Crippen molar-refractivity contribution in [3.05, 3.63) is 12.2 Å². The highest BCUT2D eigenvalue weighted by molar-refractivity contribution is 5.86. The summed E-state index contributed by atoms with van der Waals surface area (Å²) < 4.78 is 5.23. The van der Waals surface area contributed by atoms with Crippen molar-refractivity contribution in [2.75, 3.05) is 13.2 Å². The number of rotatable bonds is 8. The van der Waals surface area contributed by atoms with Crippen LogP contribution in [0, 0.1) is 23.7 Å². The molecule has 0 saturated heterocycles. The Balaban J connectivity index is 4.39. The molecule has 0 spiro atoms. The minimum atomic E-state index is -0.328. The summed E-state index contributed by atoms with van der Waals surface area (Å²) in [5.41, 5.74) is 0.431. The average molecular weight is 256 g/mol. The van der Waals surface area contributed by atoms with Crippen LogP contribution in [0.5, 0.6) is 0 Å². The fraction of sp³-hybridized carbons (Fsp3) is 0.800. The van der Waals surface area contributed by atoms with Crippen molar-refractivity contribution in [1.29, 1.82) is 0 Å². The number of aliphatic hydroxyl groups is 1. The van der Waals surface area contributed by atoms with Gasteiger partial charge < -0.3 is 9.84 Å². The van der Waals surface area contributed by atoms with Crippen LogP contribution in [-0.2, 0) is 9.53 Å². The van der Waals surface area contributed by atoms with Gasteiger partial charge in [0, 0.05) is 12.2 Å². The first kappa shape index (κ1) is 17.2. The van der Waals surface area contributed by atoms with E-state index in [0.717, 1.165) is 6.42 Å². The first-order valence-corrected chi connectivity index (χ1v) is 6.73. The highest BCUT2D eigenvalue weighted by Crippen LogP contribution is 2.25. The summed E-state index contributed by atoms with van der Waals surface area (Å²) in [6.45, 7) is 14.3. The van der Waals surface area contributed by atoms with E-state index in [4.69, 9.17) is 4.74 Å². The largest absolute Gasteiger partial charge is 0.462 e. The lowest BCUT2D eigenvalue weighted by Crippen LogP contribution is -2.25. The molecule has 0 fully saturated rings. The lowest BCUT2D eigenvalue weighted by atomic mass is 9.82. The van der Waals surface area contributed by atoms with Crippen molar-refractivity contribution in [2.24, 2.45) is 23.7 Å². The van der Waals surface area contributed by atoms with E-state index in [-0.39, 0.29) is 24.4 Å². The Morgan fingerprint density at radius 3 is 2.00 bits per heavy atom. The zero-order chi connectivity index (χ0) is 14.3. The number of carbonyl (C=O) groups is 1. The van der Waals surface area contributed by atoms with Crippen molar-refractivity contribution in [2.45, 2.75) is 41.0 Å². The zero-order valence-corrected chi connectivity index (χ0v) is 12.4. The van der Waals surface area contributed by atoms with Gasteiger partial charge >= 0.3 is 5.97 Å². The van der Waals surface area contributed by atoms with E-state index < -0.39 is 0 Å². The first-order valence-electron chi connectivity index (χ1n) is 6.73. The summed E-state index contributed by atoms with van der Waals surface area (Å²) in [7, 11) is 0. The molecule has 0 aromatic heterocycles. The van der Waals surface area contributed by atoms with Crippen LogP contribution >= 0.6 is 0 Å². The third kappa shape index (κ3) is 6.20. The van der Waals surface area contributed by atoms with Crippen LogP contribution in [0.3, 0.4) is 0 Å². The van der Waals surface area contributed by atoms with Crippen molar-refractivity contribution >= 4 is 5.97 Å². The van der Waals surface area contributed by atoms with Gasteiger partial charge in [0.15, 0.2) is 0 Å². The predicted octanol–water partition coefficient (Wildman–Crippen LogP) is 3.03. The topological polar surface area (TPSA) is 46.5 Å². The van der Waals surface area contributed by atoms with Gasteiger partial charge in [0.1, 0.15) is 0 Å². The third-order valence-electron chi connectivity index (χ3n) is 3.50. The molecule has 2 atom stereocenters. The molecule has 3 nitrogen and oxygen atoms in total. The smallest absolute Gasteiger partial charge is 0.333 e. The lowest BCUT2D eigenvalue weighted by molar-refractivity contribution is -0.141. The Labute approximate surface area is 111 Å². The second-order valence-electron chi connectivity index (χ2n) is 5.81. The minimum absolute atomic E-state index is 0.190. The second kappa shape index (κ2) is 8.30. The molecule has 0 aliphatic carbocycles. The van der Waals surface area contributed by atoms with Gasteiger partial charge in [-0.1, -0.05) is 34.3 Å². The fourth-order valence-electron chi connectivity index (χ4n) is 1.78. The summed E-state index contributed by atoms with van der Waals surface area (Å²) in [5.74, 6) is 1.09. The Morgan fingerprint density at radius 1 is 1.17 bits per heavy atom. The number of ether oxygens (including phenoxy) is 1. The minimum Gasteiger partial charge on any atom is -0.462 e. The Kier molecular flexibility index (Phi) is 7.92. The number of esters is 1. The van der Waals surface area contributed by atoms with E-state index in [0.29, 0.717) is 24.0 Å². The normalized spacial score (nSPS) is 14.7. The van der Waals surface area contributed by atoms with Crippen molar-refractivity contribution in [1.82, 2.24) is 0 Å². The molecular weight excluding hydrogens is 228 g/mol. The lowest BCUT2D eigenvalue weighted by Gasteiger charge is -2.27. The van der Waals surface area contributed by atoms with Gasteiger partial charge in [-0.15, -0.1) is 0 Å². The van der Waals surface area contributed by atoms with Crippen LogP contribution in [0.1, 0.15) is 41.0 Å². The molecule has 2 unspecified atom stereocenters. The molecule has 0 amide bonds. The van der Waals surface area contributed by atoms with E-state index in [1.54, 1.807) is 6.92 Å². The molecule has 1 N–H and O–H groups in total. The van der Waals surface area contributed by atoms with Crippen LogP contribution in [0.25, 0.3) is 0 Å². The highest BCUT2D eigenvalue weighted by atomic mass is 16.5. The van der Waals surface area contributed by atoms with Crippen LogP contribution < -0.4 is 0 Å². The molecule has 0 radical (unpaired) electrons. The number of carbonyl (C=O) groups excluding carboxylic acids is 1. The molecular formula is C15H28O3. The zero-order valence-electron chi connectivity index (χ0n) is 12.4.